The van der Waals surface area contributed by atoms with E-state index in [1.807, 2.05) is 54.6 Å². The van der Waals surface area contributed by atoms with Crippen LogP contribution in [-0.4, -0.2) is 32.5 Å². The lowest BCUT2D eigenvalue weighted by Crippen LogP contribution is -2.44. The molecule has 2 atom stereocenters. The molecule has 5 rings (SSSR count). The van der Waals surface area contributed by atoms with E-state index in [4.69, 9.17) is 5.11 Å². The third-order valence-corrected chi connectivity index (χ3v) is 6.75. The van der Waals surface area contributed by atoms with Crippen LogP contribution < -0.4 is 10.5 Å². The molecule has 1 amide bonds. The Morgan fingerprint density at radius 1 is 1.03 bits per heavy atom. The van der Waals surface area contributed by atoms with Gasteiger partial charge in [-0.3, -0.25) is 9.59 Å². The van der Waals surface area contributed by atoms with Crippen LogP contribution in [0.1, 0.15) is 24.5 Å². The largest absolute Gasteiger partial charge is 0.396 e. The third kappa shape index (κ3) is 3.92. The minimum atomic E-state index is -1.71. The predicted octanol–water partition coefficient (Wildman–Crippen LogP) is 3.69. The molecule has 0 unspecified atom stereocenters. The maximum Gasteiger partial charge on any atom is 0.279 e. The molecule has 7 heteroatoms. The first kappa shape index (κ1) is 23.7. The smallest absolute Gasteiger partial charge is 0.279 e. The van der Waals surface area contributed by atoms with Gasteiger partial charge in [0.15, 0.2) is 5.60 Å². The number of benzene rings is 3. The lowest BCUT2D eigenvalue weighted by atomic mass is 9.83. The number of carbonyl (C=O) groups excluding carboxylic acids is 1. The highest BCUT2D eigenvalue weighted by Gasteiger charge is 2.52. The zero-order valence-electron chi connectivity index (χ0n) is 19.9. The SMILES string of the molecule is C[C@@H](/C=C/CCO)[C@]1(O)C(=O)N(Cc2cccc(-n3ncc4ccccc4c3=O)c2)c2ccccc21. The molecule has 0 radical (unpaired) electrons. The second-order valence-electron chi connectivity index (χ2n) is 9.02. The van der Waals surface area contributed by atoms with Crippen LogP contribution in [0.25, 0.3) is 16.5 Å². The molecule has 182 valence electrons. The predicted molar refractivity (Wildman–Crippen MR) is 139 cm³/mol. The summed E-state index contributed by atoms with van der Waals surface area (Å²) in [6.07, 6.45) is 5.66. The van der Waals surface area contributed by atoms with Gasteiger partial charge in [-0.2, -0.15) is 9.78 Å². The zero-order valence-corrected chi connectivity index (χ0v) is 19.9. The standard InChI is InChI=1S/C29H27N3O4/c1-20(9-6-7-16-33)29(36)25-14-4-5-15-26(25)31(28(29)35)19-21-10-8-12-23(17-21)32-27(34)24-13-3-2-11-22(24)18-30-32/h2-6,8-15,17-18,20,33,36H,7,16,19H2,1H3/b9-6+/t20-,29+/m0/s1. The summed E-state index contributed by atoms with van der Waals surface area (Å²) in [5.74, 6) is -0.898. The highest BCUT2D eigenvalue weighted by molar-refractivity contribution is 6.07. The van der Waals surface area contributed by atoms with Gasteiger partial charge in [-0.05, 0) is 36.2 Å². The van der Waals surface area contributed by atoms with Crippen molar-refractivity contribution in [3.63, 3.8) is 0 Å². The molecular weight excluding hydrogens is 454 g/mol. The van der Waals surface area contributed by atoms with E-state index in [9.17, 15) is 14.7 Å². The number of fused-ring (bicyclic) bond motifs is 2. The highest BCUT2D eigenvalue weighted by atomic mass is 16.3. The molecule has 0 saturated heterocycles. The summed E-state index contributed by atoms with van der Waals surface area (Å²) in [4.78, 5) is 28.3. The number of para-hydroxylation sites is 1. The van der Waals surface area contributed by atoms with E-state index >= 15 is 0 Å². The molecule has 0 bridgehead atoms. The number of aromatic nitrogens is 2. The lowest BCUT2D eigenvalue weighted by molar-refractivity contribution is -0.139. The van der Waals surface area contributed by atoms with Gasteiger partial charge in [0.25, 0.3) is 11.5 Å². The van der Waals surface area contributed by atoms with Crippen LogP contribution in [0, 0.1) is 5.92 Å². The molecule has 0 fully saturated rings. The van der Waals surface area contributed by atoms with E-state index in [-0.39, 0.29) is 18.7 Å². The van der Waals surface area contributed by atoms with Crippen molar-refractivity contribution >= 4 is 22.4 Å². The Morgan fingerprint density at radius 2 is 1.81 bits per heavy atom. The summed E-state index contributed by atoms with van der Waals surface area (Å²) in [5, 5.41) is 26.4. The fourth-order valence-corrected chi connectivity index (χ4v) is 4.82. The van der Waals surface area contributed by atoms with Gasteiger partial charge >= 0.3 is 0 Å². The molecule has 2 heterocycles. The number of rotatable bonds is 7. The highest BCUT2D eigenvalue weighted by Crippen LogP contribution is 2.45. The molecule has 0 aliphatic carbocycles. The topological polar surface area (TPSA) is 95.7 Å². The van der Waals surface area contributed by atoms with Crippen molar-refractivity contribution in [2.75, 3.05) is 11.5 Å². The number of nitrogens with zero attached hydrogens (tertiary/aromatic N) is 3. The van der Waals surface area contributed by atoms with Gasteiger partial charge < -0.3 is 15.1 Å². The average molecular weight is 482 g/mol. The first-order chi connectivity index (χ1) is 17.4. The van der Waals surface area contributed by atoms with Crippen molar-refractivity contribution in [1.29, 1.82) is 0 Å². The first-order valence-corrected chi connectivity index (χ1v) is 11.9. The number of amides is 1. The average Bonchev–Trinajstić information content (AvgIpc) is 3.12. The van der Waals surface area contributed by atoms with Crippen molar-refractivity contribution in [1.82, 2.24) is 9.78 Å². The van der Waals surface area contributed by atoms with Crippen molar-refractivity contribution in [2.24, 2.45) is 5.92 Å². The van der Waals surface area contributed by atoms with Gasteiger partial charge in [0, 0.05) is 23.5 Å². The molecular formula is C29H27N3O4. The number of aliphatic hydroxyl groups is 2. The van der Waals surface area contributed by atoms with Crippen molar-refractivity contribution in [2.45, 2.75) is 25.5 Å². The van der Waals surface area contributed by atoms with Crippen LogP contribution in [0.15, 0.2) is 95.9 Å². The molecule has 3 aromatic carbocycles. The third-order valence-electron chi connectivity index (χ3n) is 6.75. The maximum atomic E-state index is 13.6. The number of carbonyl (C=O) groups is 1. The normalized spacial score (nSPS) is 18.2. The van der Waals surface area contributed by atoms with Crippen LogP contribution in [-0.2, 0) is 16.9 Å². The van der Waals surface area contributed by atoms with E-state index in [0.717, 1.165) is 10.9 Å². The van der Waals surface area contributed by atoms with Crippen molar-refractivity contribution in [3.8, 4) is 5.69 Å². The maximum absolute atomic E-state index is 13.6. The lowest BCUT2D eigenvalue weighted by Gasteiger charge is -2.27. The van der Waals surface area contributed by atoms with Gasteiger partial charge in [0.2, 0.25) is 0 Å². The molecule has 1 aliphatic heterocycles. The summed E-state index contributed by atoms with van der Waals surface area (Å²) in [7, 11) is 0. The molecule has 36 heavy (non-hydrogen) atoms. The molecule has 2 N–H and O–H groups in total. The van der Waals surface area contributed by atoms with Gasteiger partial charge in [-0.1, -0.05) is 67.6 Å². The van der Waals surface area contributed by atoms with Crippen LogP contribution in [0.5, 0.6) is 0 Å². The molecule has 0 spiro atoms. The van der Waals surface area contributed by atoms with Crippen molar-refractivity contribution in [3.05, 3.63) is 113 Å². The van der Waals surface area contributed by atoms with Gasteiger partial charge in [-0.25, -0.2) is 0 Å². The van der Waals surface area contributed by atoms with E-state index in [1.165, 1.54) is 4.68 Å². The monoisotopic (exact) mass is 481 g/mol. The second kappa shape index (κ2) is 9.53. The van der Waals surface area contributed by atoms with E-state index in [0.29, 0.717) is 28.7 Å². The summed E-state index contributed by atoms with van der Waals surface area (Å²) < 4.78 is 1.36. The summed E-state index contributed by atoms with van der Waals surface area (Å²) in [6.45, 7) is 2.02. The van der Waals surface area contributed by atoms with Gasteiger partial charge in [-0.15, -0.1) is 0 Å². The molecule has 1 aromatic heterocycles. The van der Waals surface area contributed by atoms with Crippen molar-refractivity contribution < 1.29 is 15.0 Å². The van der Waals surface area contributed by atoms with E-state index < -0.39 is 17.4 Å². The van der Waals surface area contributed by atoms with Gasteiger partial charge in [0.05, 0.1) is 29.5 Å². The summed E-state index contributed by atoms with van der Waals surface area (Å²) in [6, 6.07) is 21.9. The summed E-state index contributed by atoms with van der Waals surface area (Å²) >= 11 is 0. The fourth-order valence-electron chi connectivity index (χ4n) is 4.82. The molecule has 1 aliphatic rings. The Balaban J connectivity index is 1.49. The van der Waals surface area contributed by atoms with E-state index in [1.54, 1.807) is 48.4 Å². The first-order valence-electron chi connectivity index (χ1n) is 11.9. The minimum Gasteiger partial charge on any atom is -0.396 e. The van der Waals surface area contributed by atoms with Crippen LogP contribution in [0.2, 0.25) is 0 Å². The number of anilines is 1. The molecule has 7 nitrogen and oxygen atoms in total. The Labute approximate surface area is 208 Å². The molecule has 4 aromatic rings. The molecule has 0 saturated carbocycles. The number of aliphatic hydroxyl groups excluding tert-OH is 1. The van der Waals surface area contributed by atoms with E-state index in [2.05, 4.69) is 5.10 Å². The van der Waals surface area contributed by atoms with Crippen LogP contribution >= 0.6 is 0 Å². The Morgan fingerprint density at radius 3 is 2.64 bits per heavy atom. The second-order valence-corrected chi connectivity index (χ2v) is 9.02. The Kier molecular flexibility index (Phi) is 6.26. The fraction of sp³-hybridized carbons (Fsp3) is 0.207. The number of hydrogen-bond donors (Lipinski definition) is 2. The minimum absolute atomic E-state index is 0.00377. The van der Waals surface area contributed by atoms with Crippen LogP contribution in [0.3, 0.4) is 0 Å². The van der Waals surface area contributed by atoms with Crippen LogP contribution in [0.4, 0.5) is 5.69 Å². The summed E-state index contributed by atoms with van der Waals surface area (Å²) in [5.41, 5.74) is 0.671. The van der Waals surface area contributed by atoms with Gasteiger partial charge in [0.1, 0.15) is 0 Å². The Bertz CT molecular complexity index is 1530. The number of hydrogen-bond acceptors (Lipinski definition) is 5. The quantitative estimate of drug-likeness (QED) is 0.393. The Hall–Kier alpha value is -4.07. The zero-order chi connectivity index (χ0) is 25.3.